The maximum absolute atomic E-state index is 14.9. The highest BCUT2D eigenvalue weighted by Crippen LogP contribution is 2.36. The van der Waals surface area contributed by atoms with Crippen molar-refractivity contribution in [2.45, 2.75) is 71.4 Å². The molecule has 3 heterocycles. The van der Waals surface area contributed by atoms with Gasteiger partial charge in [0.05, 0.1) is 24.3 Å². The molecule has 1 fully saturated rings. The number of anilines is 3. The van der Waals surface area contributed by atoms with Crippen molar-refractivity contribution in [1.29, 1.82) is 0 Å². The first-order valence-electron chi connectivity index (χ1n) is 14.1. The number of halogens is 3. The lowest BCUT2D eigenvalue weighted by atomic mass is 10.0. The van der Waals surface area contributed by atoms with Crippen molar-refractivity contribution in [1.82, 2.24) is 20.1 Å². The van der Waals surface area contributed by atoms with Gasteiger partial charge in [-0.15, -0.1) is 0 Å². The van der Waals surface area contributed by atoms with Crippen LogP contribution in [0.3, 0.4) is 0 Å². The van der Waals surface area contributed by atoms with Crippen molar-refractivity contribution in [2.75, 3.05) is 28.6 Å². The Labute approximate surface area is 262 Å². The lowest BCUT2D eigenvalue weighted by Gasteiger charge is -2.36. The van der Waals surface area contributed by atoms with E-state index in [1.165, 1.54) is 16.9 Å². The highest BCUT2D eigenvalue weighted by atomic mass is 32.1. The summed E-state index contributed by atoms with van der Waals surface area (Å²) in [4.78, 5) is 44.4. The summed E-state index contributed by atoms with van der Waals surface area (Å²) in [6.45, 7) is 10.2. The van der Waals surface area contributed by atoms with Crippen molar-refractivity contribution < 1.29 is 37.0 Å². The molecule has 0 spiro atoms. The van der Waals surface area contributed by atoms with E-state index in [1.54, 1.807) is 53.5 Å². The molecule has 3 N–H and O–H groups in total. The molecule has 0 radical (unpaired) electrons. The smallest absolute Gasteiger partial charge is 0.412 e. The first-order valence-corrected chi connectivity index (χ1v) is 14.9. The number of hydrogen-bond donors (Lipinski definition) is 3. The Morgan fingerprint density at radius 2 is 1.60 bits per heavy atom. The van der Waals surface area contributed by atoms with Gasteiger partial charge in [0.1, 0.15) is 44.7 Å². The molecule has 1 aliphatic heterocycles. The molecule has 3 aromatic rings. The monoisotopic (exact) mass is 651 g/mol. The third-order valence-corrected chi connectivity index (χ3v) is 7.20. The van der Waals surface area contributed by atoms with Crippen molar-refractivity contribution in [3.05, 3.63) is 41.7 Å². The first-order chi connectivity index (χ1) is 20.9. The minimum absolute atomic E-state index is 0.0479. The van der Waals surface area contributed by atoms with Crippen molar-refractivity contribution in [3.63, 3.8) is 0 Å². The first kappa shape index (κ1) is 33.6. The summed E-state index contributed by atoms with van der Waals surface area (Å²) < 4.78 is 56.2. The number of hydrogen-bond acceptors (Lipinski definition) is 9. The zero-order valence-corrected chi connectivity index (χ0v) is 26.8. The van der Waals surface area contributed by atoms with Gasteiger partial charge in [-0.25, -0.2) is 27.7 Å². The van der Waals surface area contributed by atoms with Crippen LogP contribution in [0.2, 0.25) is 0 Å². The van der Waals surface area contributed by atoms with E-state index in [-0.39, 0.29) is 40.9 Å². The van der Waals surface area contributed by atoms with Crippen LogP contribution in [0, 0.1) is 11.6 Å². The number of nitrogens with one attached hydrogen (secondary N) is 3. The normalized spacial score (nSPS) is 17.1. The van der Waals surface area contributed by atoms with Crippen LogP contribution in [0.15, 0.2) is 24.4 Å². The highest BCUT2D eigenvalue weighted by molar-refractivity contribution is 7.19. The second kappa shape index (κ2) is 12.9. The summed E-state index contributed by atoms with van der Waals surface area (Å²) in [7, 11) is 1.60. The van der Waals surface area contributed by atoms with E-state index in [1.807, 2.05) is 0 Å². The summed E-state index contributed by atoms with van der Waals surface area (Å²) in [5, 5.41) is 11.7. The zero-order valence-electron chi connectivity index (χ0n) is 26.0. The number of aryl methyl sites for hydroxylation is 1. The van der Waals surface area contributed by atoms with E-state index in [2.05, 4.69) is 26.0 Å². The average Bonchev–Trinajstić information content (AvgIpc) is 3.44. The molecule has 0 aliphatic carbocycles. The van der Waals surface area contributed by atoms with Gasteiger partial charge < -0.3 is 25.0 Å². The summed E-state index contributed by atoms with van der Waals surface area (Å²) >= 11 is 0.685. The number of piperidine rings is 1. The van der Waals surface area contributed by atoms with Crippen LogP contribution in [0.4, 0.5) is 39.3 Å². The number of amides is 3. The molecule has 2 aromatic heterocycles. The van der Waals surface area contributed by atoms with Gasteiger partial charge in [-0.3, -0.25) is 14.8 Å². The third-order valence-electron chi connectivity index (χ3n) is 6.21. The van der Waals surface area contributed by atoms with Gasteiger partial charge in [0.15, 0.2) is 11.5 Å². The van der Waals surface area contributed by atoms with Crippen LogP contribution in [-0.4, -0.2) is 69.4 Å². The molecule has 0 unspecified atom stereocenters. The SMILES string of the molecule is Cn1ncc(NC(=O)c2nc(-c3c(F)cccc3F)sc2NC(=O)OC(C)(C)C)c1N1C[C@H](F)C[C@H](NC(=O)OC(C)(C)C)C1. The number of rotatable bonds is 6. The highest BCUT2D eigenvalue weighted by Gasteiger charge is 2.33. The molecule has 12 nitrogen and oxygen atoms in total. The van der Waals surface area contributed by atoms with Crippen LogP contribution in [0.1, 0.15) is 58.5 Å². The van der Waals surface area contributed by atoms with Gasteiger partial charge in [0.25, 0.3) is 5.91 Å². The van der Waals surface area contributed by atoms with Crippen LogP contribution >= 0.6 is 11.3 Å². The van der Waals surface area contributed by atoms with Crippen molar-refractivity contribution >= 4 is 45.9 Å². The molecule has 4 rings (SSSR count). The molecule has 1 aromatic carbocycles. The van der Waals surface area contributed by atoms with Gasteiger partial charge in [0.2, 0.25) is 0 Å². The van der Waals surface area contributed by atoms with E-state index in [9.17, 15) is 27.6 Å². The van der Waals surface area contributed by atoms with Gasteiger partial charge in [0, 0.05) is 20.0 Å². The molecular formula is C29H36F3N7O5S. The number of nitrogens with zero attached hydrogens (tertiary/aromatic N) is 4. The number of thiazole rings is 1. The number of carbonyl (C=O) groups excluding carboxylic acids is 3. The molecule has 2 atom stereocenters. The second-order valence-electron chi connectivity index (χ2n) is 12.5. The van der Waals surface area contributed by atoms with Crippen molar-refractivity contribution in [2.24, 2.45) is 7.05 Å². The quantitative estimate of drug-likeness (QED) is 0.301. The van der Waals surface area contributed by atoms with Crippen LogP contribution in [0.5, 0.6) is 0 Å². The standard InChI is InChI=1S/C29H36F3N7O5S/c1-28(2,3)43-26(41)34-16-11-15(30)13-39(14-16)25-19(12-33-38(25)7)35-22(40)21-24(37-27(42)44-29(4,5)6)45-23(36-21)20-17(31)9-8-10-18(20)32/h8-10,12,15-16H,11,13-14H2,1-7H3,(H,34,41)(H,35,40)(H,37,42)/t15-,16+/m1/s1. The molecule has 1 saturated heterocycles. The molecule has 3 amide bonds. The van der Waals surface area contributed by atoms with E-state index in [0.29, 0.717) is 17.2 Å². The van der Waals surface area contributed by atoms with Crippen molar-refractivity contribution in [3.8, 4) is 10.6 Å². The Morgan fingerprint density at radius 3 is 2.22 bits per heavy atom. The fraction of sp³-hybridized carbons (Fsp3) is 0.483. The Bertz CT molecular complexity index is 1560. The summed E-state index contributed by atoms with van der Waals surface area (Å²) in [5.74, 6) is -2.32. The molecule has 45 heavy (non-hydrogen) atoms. The van der Waals surface area contributed by atoms with E-state index < -0.39 is 58.7 Å². The molecular weight excluding hydrogens is 615 g/mol. The molecule has 0 bridgehead atoms. The van der Waals surface area contributed by atoms with Gasteiger partial charge in [-0.2, -0.15) is 5.10 Å². The Morgan fingerprint density at radius 1 is 0.978 bits per heavy atom. The predicted octanol–water partition coefficient (Wildman–Crippen LogP) is 5.86. The predicted molar refractivity (Wildman–Crippen MR) is 163 cm³/mol. The van der Waals surface area contributed by atoms with Crippen LogP contribution < -0.4 is 20.9 Å². The number of benzene rings is 1. The van der Waals surface area contributed by atoms with Crippen LogP contribution in [0.25, 0.3) is 10.6 Å². The largest absolute Gasteiger partial charge is 0.444 e. The average molecular weight is 652 g/mol. The molecule has 16 heteroatoms. The van der Waals surface area contributed by atoms with E-state index in [4.69, 9.17) is 9.47 Å². The molecule has 0 saturated carbocycles. The maximum Gasteiger partial charge on any atom is 0.412 e. The summed E-state index contributed by atoms with van der Waals surface area (Å²) in [6.07, 6.45) is -1.51. The van der Waals surface area contributed by atoms with Gasteiger partial charge in [-0.1, -0.05) is 17.4 Å². The zero-order chi connectivity index (χ0) is 33.3. The Kier molecular flexibility index (Phi) is 9.65. The lowest BCUT2D eigenvalue weighted by Crippen LogP contribution is -2.53. The van der Waals surface area contributed by atoms with Gasteiger partial charge >= 0.3 is 12.2 Å². The minimum atomic E-state index is -1.32. The third kappa shape index (κ3) is 8.65. The number of aromatic nitrogens is 3. The summed E-state index contributed by atoms with van der Waals surface area (Å²) in [5.41, 5.74) is -2.26. The fourth-order valence-electron chi connectivity index (χ4n) is 4.63. The summed E-state index contributed by atoms with van der Waals surface area (Å²) in [6, 6.07) is 2.67. The van der Waals surface area contributed by atoms with E-state index in [0.717, 1.165) is 12.1 Å². The maximum atomic E-state index is 14.9. The fourth-order valence-corrected chi connectivity index (χ4v) is 5.63. The Balaban J connectivity index is 1.62. The van der Waals surface area contributed by atoms with E-state index >= 15 is 0 Å². The molecule has 244 valence electrons. The number of alkyl halides is 1. The van der Waals surface area contributed by atoms with Crippen LogP contribution in [-0.2, 0) is 16.5 Å². The minimum Gasteiger partial charge on any atom is -0.444 e. The number of carbonyl (C=O) groups is 3. The number of alkyl carbamates (subject to hydrolysis) is 1. The Hall–Kier alpha value is -4.34. The lowest BCUT2D eigenvalue weighted by molar-refractivity contribution is 0.0489. The molecule has 1 aliphatic rings. The van der Waals surface area contributed by atoms with Gasteiger partial charge in [-0.05, 0) is 53.7 Å². The number of ether oxygens (including phenoxy) is 2. The second-order valence-corrected chi connectivity index (χ2v) is 13.5. The topological polar surface area (TPSA) is 140 Å².